The van der Waals surface area contributed by atoms with Crippen molar-refractivity contribution in [1.29, 1.82) is 0 Å². The van der Waals surface area contributed by atoms with E-state index < -0.39 is 0 Å². The third kappa shape index (κ3) is 3.45. The van der Waals surface area contributed by atoms with Gasteiger partial charge >= 0.3 is 0 Å². The molecule has 0 saturated carbocycles. The van der Waals surface area contributed by atoms with Crippen LogP contribution in [-0.2, 0) is 0 Å². The van der Waals surface area contributed by atoms with E-state index in [-0.39, 0.29) is 6.10 Å². The van der Waals surface area contributed by atoms with E-state index in [1.807, 2.05) is 24.3 Å². The molecule has 0 aromatic heterocycles. The molecule has 2 rings (SSSR count). The van der Waals surface area contributed by atoms with Gasteiger partial charge in [-0.3, -0.25) is 0 Å². The number of hydrogen-bond acceptors (Lipinski definition) is 3. The zero-order valence-corrected chi connectivity index (χ0v) is 10.4. The molecule has 1 aliphatic heterocycles. The van der Waals surface area contributed by atoms with Crippen LogP contribution in [-0.4, -0.2) is 36.8 Å². The molecule has 1 fully saturated rings. The van der Waals surface area contributed by atoms with E-state index in [1.165, 1.54) is 25.9 Å². The SMILES string of the molecule is COc1cccc(C(O)CCN2CCCC2)c1. The largest absolute Gasteiger partial charge is 0.497 e. The highest BCUT2D eigenvalue weighted by molar-refractivity contribution is 5.29. The highest BCUT2D eigenvalue weighted by Gasteiger charge is 2.14. The number of nitrogens with zero attached hydrogens (tertiary/aromatic N) is 1. The molecule has 0 radical (unpaired) electrons. The highest BCUT2D eigenvalue weighted by Crippen LogP contribution is 2.22. The van der Waals surface area contributed by atoms with Crippen molar-refractivity contribution in [3.8, 4) is 5.75 Å². The molecule has 0 bridgehead atoms. The maximum Gasteiger partial charge on any atom is 0.119 e. The molecule has 0 spiro atoms. The second kappa shape index (κ2) is 6.03. The van der Waals surface area contributed by atoms with E-state index in [2.05, 4.69) is 4.90 Å². The summed E-state index contributed by atoms with van der Waals surface area (Å²) >= 11 is 0. The molecule has 1 aliphatic rings. The Morgan fingerprint density at radius 3 is 2.82 bits per heavy atom. The maximum atomic E-state index is 10.1. The Bertz CT molecular complexity index is 348. The molecular formula is C14H21NO2. The number of ether oxygens (including phenoxy) is 1. The fourth-order valence-corrected chi connectivity index (χ4v) is 2.33. The van der Waals surface area contributed by atoms with Crippen LogP contribution < -0.4 is 4.74 Å². The minimum Gasteiger partial charge on any atom is -0.497 e. The Morgan fingerprint density at radius 2 is 2.12 bits per heavy atom. The molecular weight excluding hydrogens is 214 g/mol. The molecule has 1 atom stereocenters. The van der Waals surface area contributed by atoms with Crippen molar-refractivity contribution in [2.45, 2.75) is 25.4 Å². The first-order valence-electron chi connectivity index (χ1n) is 6.34. The summed E-state index contributed by atoms with van der Waals surface area (Å²) in [4.78, 5) is 2.42. The smallest absolute Gasteiger partial charge is 0.119 e. The first kappa shape index (κ1) is 12.4. The van der Waals surface area contributed by atoms with Gasteiger partial charge in [-0.1, -0.05) is 12.1 Å². The number of hydrogen-bond donors (Lipinski definition) is 1. The van der Waals surface area contributed by atoms with E-state index in [9.17, 15) is 5.11 Å². The average Bonchev–Trinajstić information content (AvgIpc) is 2.89. The lowest BCUT2D eigenvalue weighted by molar-refractivity contribution is 0.148. The Labute approximate surface area is 103 Å². The predicted molar refractivity (Wildman–Crippen MR) is 68.2 cm³/mol. The minimum absolute atomic E-state index is 0.384. The quantitative estimate of drug-likeness (QED) is 0.849. The van der Waals surface area contributed by atoms with Crippen LogP contribution in [0.4, 0.5) is 0 Å². The van der Waals surface area contributed by atoms with E-state index in [1.54, 1.807) is 7.11 Å². The molecule has 1 N–H and O–H groups in total. The van der Waals surface area contributed by atoms with E-state index in [0.29, 0.717) is 0 Å². The van der Waals surface area contributed by atoms with Crippen molar-refractivity contribution in [1.82, 2.24) is 4.90 Å². The van der Waals surface area contributed by atoms with Crippen molar-refractivity contribution in [3.63, 3.8) is 0 Å². The molecule has 3 heteroatoms. The van der Waals surface area contributed by atoms with Crippen LogP contribution in [0.1, 0.15) is 30.9 Å². The van der Waals surface area contributed by atoms with Gasteiger partial charge in [-0.05, 0) is 50.0 Å². The average molecular weight is 235 g/mol. The lowest BCUT2D eigenvalue weighted by Gasteiger charge is -2.18. The summed E-state index contributed by atoms with van der Waals surface area (Å²) < 4.78 is 5.16. The van der Waals surface area contributed by atoms with Gasteiger partial charge in [0.05, 0.1) is 13.2 Å². The molecule has 94 valence electrons. The van der Waals surface area contributed by atoms with Crippen LogP contribution in [0.25, 0.3) is 0 Å². The second-order valence-electron chi connectivity index (χ2n) is 4.63. The summed E-state index contributed by atoms with van der Waals surface area (Å²) in [5.74, 6) is 0.808. The fraction of sp³-hybridized carbons (Fsp3) is 0.571. The molecule has 3 nitrogen and oxygen atoms in total. The number of benzene rings is 1. The van der Waals surface area contributed by atoms with E-state index in [0.717, 1.165) is 24.3 Å². The van der Waals surface area contributed by atoms with Crippen molar-refractivity contribution >= 4 is 0 Å². The number of rotatable bonds is 5. The topological polar surface area (TPSA) is 32.7 Å². The van der Waals surface area contributed by atoms with Crippen molar-refractivity contribution in [2.24, 2.45) is 0 Å². The van der Waals surface area contributed by atoms with Gasteiger partial charge in [0.2, 0.25) is 0 Å². The van der Waals surface area contributed by atoms with Gasteiger partial charge in [0.25, 0.3) is 0 Å². The number of aliphatic hydroxyl groups excluding tert-OH is 1. The predicted octanol–water partition coefficient (Wildman–Crippen LogP) is 2.21. The number of aliphatic hydroxyl groups is 1. The summed E-state index contributed by atoms with van der Waals surface area (Å²) in [5, 5.41) is 10.1. The van der Waals surface area contributed by atoms with Crippen molar-refractivity contribution < 1.29 is 9.84 Å². The van der Waals surface area contributed by atoms with Gasteiger partial charge in [0, 0.05) is 6.54 Å². The third-order valence-corrected chi connectivity index (χ3v) is 3.40. The molecule has 0 amide bonds. The Balaban J connectivity index is 1.87. The lowest BCUT2D eigenvalue weighted by Crippen LogP contribution is -2.22. The summed E-state index contributed by atoms with van der Waals surface area (Å²) in [6, 6.07) is 7.69. The van der Waals surface area contributed by atoms with Crippen LogP contribution in [0.5, 0.6) is 5.75 Å². The van der Waals surface area contributed by atoms with Gasteiger partial charge in [-0.2, -0.15) is 0 Å². The van der Waals surface area contributed by atoms with Crippen LogP contribution >= 0.6 is 0 Å². The molecule has 1 aromatic rings. The maximum absolute atomic E-state index is 10.1. The standard InChI is InChI=1S/C14H21NO2/c1-17-13-6-4-5-12(11-13)14(16)7-10-15-8-2-3-9-15/h4-6,11,14,16H,2-3,7-10H2,1H3. The van der Waals surface area contributed by atoms with Crippen LogP contribution in [0, 0.1) is 0 Å². The Hall–Kier alpha value is -1.06. The van der Waals surface area contributed by atoms with Crippen molar-refractivity contribution in [2.75, 3.05) is 26.7 Å². The minimum atomic E-state index is -0.384. The Kier molecular flexibility index (Phi) is 4.40. The first-order chi connectivity index (χ1) is 8.29. The summed E-state index contributed by atoms with van der Waals surface area (Å²) in [6.07, 6.45) is 3.02. The Morgan fingerprint density at radius 1 is 1.35 bits per heavy atom. The molecule has 1 unspecified atom stereocenters. The van der Waals surface area contributed by atoms with Gasteiger partial charge < -0.3 is 14.7 Å². The monoisotopic (exact) mass is 235 g/mol. The van der Waals surface area contributed by atoms with E-state index in [4.69, 9.17) is 4.74 Å². The molecule has 1 heterocycles. The molecule has 1 saturated heterocycles. The van der Waals surface area contributed by atoms with Crippen LogP contribution in [0.2, 0.25) is 0 Å². The second-order valence-corrected chi connectivity index (χ2v) is 4.63. The lowest BCUT2D eigenvalue weighted by atomic mass is 10.1. The highest BCUT2D eigenvalue weighted by atomic mass is 16.5. The molecule has 17 heavy (non-hydrogen) atoms. The first-order valence-corrected chi connectivity index (χ1v) is 6.34. The van der Waals surface area contributed by atoms with Crippen LogP contribution in [0.15, 0.2) is 24.3 Å². The zero-order chi connectivity index (χ0) is 12.1. The summed E-state index contributed by atoms with van der Waals surface area (Å²) in [6.45, 7) is 3.36. The van der Waals surface area contributed by atoms with E-state index >= 15 is 0 Å². The number of likely N-dealkylation sites (tertiary alicyclic amines) is 1. The summed E-state index contributed by atoms with van der Waals surface area (Å²) in [5.41, 5.74) is 0.948. The third-order valence-electron chi connectivity index (χ3n) is 3.40. The molecule has 0 aliphatic carbocycles. The zero-order valence-electron chi connectivity index (χ0n) is 10.4. The summed E-state index contributed by atoms with van der Waals surface area (Å²) in [7, 11) is 1.65. The van der Waals surface area contributed by atoms with Gasteiger partial charge in [-0.25, -0.2) is 0 Å². The van der Waals surface area contributed by atoms with Crippen molar-refractivity contribution in [3.05, 3.63) is 29.8 Å². The van der Waals surface area contributed by atoms with Crippen LogP contribution in [0.3, 0.4) is 0 Å². The number of methoxy groups -OCH3 is 1. The van der Waals surface area contributed by atoms with Gasteiger partial charge in [0.15, 0.2) is 0 Å². The van der Waals surface area contributed by atoms with Gasteiger partial charge in [0.1, 0.15) is 5.75 Å². The molecule has 1 aromatic carbocycles. The van der Waals surface area contributed by atoms with Gasteiger partial charge in [-0.15, -0.1) is 0 Å². The fourth-order valence-electron chi connectivity index (χ4n) is 2.33. The normalized spacial score (nSPS) is 18.2.